The molecule has 4 rings (SSSR count). The Labute approximate surface area is 169 Å². The van der Waals surface area contributed by atoms with Crippen LogP contribution in [0, 0.1) is 0 Å². The maximum Gasteiger partial charge on any atom is 0.276 e. The van der Waals surface area contributed by atoms with Crippen LogP contribution in [-0.2, 0) is 12.1 Å². The Morgan fingerprint density at radius 2 is 1.86 bits per heavy atom. The van der Waals surface area contributed by atoms with Gasteiger partial charge in [0.2, 0.25) is 0 Å². The Balaban J connectivity index is 1.34. The molecule has 0 radical (unpaired) electrons. The topological polar surface area (TPSA) is 84.1 Å². The van der Waals surface area contributed by atoms with Gasteiger partial charge in [-0.3, -0.25) is 9.78 Å². The minimum atomic E-state index is -0.988. The third-order valence-corrected chi connectivity index (χ3v) is 5.18. The molecule has 1 fully saturated rings. The van der Waals surface area contributed by atoms with E-state index in [0.29, 0.717) is 43.9 Å². The van der Waals surface area contributed by atoms with E-state index in [2.05, 4.69) is 15.3 Å². The Morgan fingerprint density at radius 1 is 1.10 bits per heavy atom. The summed E-state index contributed by atoms with van der Waals surface area (Å²) in [6.07, 6.45) is 8.22. The predicted molar refractivity (Wildman–Crippen MR) is 109 cm³/mol. The van der Waals surface area contributed by atoms with Crippen molar-refractivity contribution in [2.75, 3.05) is 13.1 Å². The molecule has 0 atom stereocenters. The first kappa shape index (κ1) is 19.0. The third kappa shape index (κ3) is 4.41. The zero-order valence-corrected chi connectivity index (χ0v) is 16.1. The van der Waals surface area contributed by atoms with Crippen molar-refractivity contribution in [2.45, 2.75) is 25.0 Å². The van der Waals surface area contributed by atoms with Crippen LogP contribution in [0.15, 0.2) is 67.0 Å². The van der Waals surface area contributed by atoms with Crippen LogP contribution in [-0.4, -0.2) is 49.0 Å². The van der Waals surface area contributed by atoms with Gasteiger partial charge in [-0.25, -0.2) is 4.68 Å². The fraction of sp³-hybridized carbons (Fsp3) is 0.273. The Bertz CT molecular complexity index is 977. The van der Waals surface area contributed by atoms with Crippen LogP contribution < -0.4 is 0 Å². The highest BCUT2D eigenvalue weighted by molar-refractivity contribution is 5.92. The summed E-state index contributed by atoms with van der Waals surface area (Å²) in [4.78, 5) is 18.7. The number of likely N-dealkylation sites (tertiary alicyclic amines) is 1. The lowest BCUT2D eigenvalue weighted by atomic mass is 9.87. The van der Waals surface area contributed by atoms with Crippen molar-refractivity contribution < 1.29 is 9.90 Å². The predicted octanol–water partition coefficient (Wildman–Crippen LogP) is 2.51. The number of hydrogen-bond acceptors (Lipinski definition) is 5. The van der Waals surface area contributed by atoms with E-state index in [0.717, 1.165) is 5.56 Å². The van der Waals surface area contributed by atoms with Gasteiger partial charge in [0.15, 0.2) is 5.69 Å². The first-order valence-electron chi connectivity index (χ1n) is 9.69. The van der Waals surface area contributed by atoms with Gasteiger partial charge in [0.1, 0.15) is 5.60 Å². The van der Waals surface area contributed by atoms with E-state index in [-0.39, 0.29) is 5.91 Å². The molecule has 1 amide bonds. The Kier molecular flexibility index (Phi) is 5.48. The molecule has 0 bridgehead atoms. The lowest BCUT2D eigenvalue weighted by Crippen LogP contribution is -2.45. The van der Waals surface area contributed by atoms with E-state index in [1.54, 1.807) is 22.0 Å². The molecule has 29 heavy (non-hydrogen) atoms. The second kappa shape index (κ2) is 8.36. The van der Waals surface area contributed by atoms with E-state index in [9.17, 15) is 9.90 Å². The van der Waals surface area contributed by atoms with E-state index in [4.69, 9.17) is 0 Å². The zero-order valence-electron chi connectivity index (χ0n) is 16.1. The molecule has 1 aliphatic heterocycles. The maximum absolute atomic E-state index is 12.8. The van der Waals surface area contributed by atoms with Gasteiger partial charge in [-0.2, -0.15) is 0 Å². The molecule has 3 aromatic rings. The van der Waals surface area contributed by atoms with Gasteiger partial charge in [-0.15, -0.1) is 5.10 Å². The fourth-order valence-electron chi connectivity index (χ4n) is 3.48. The summed E-state index contributed by atoms with van der Waals surface area (Å²) in [5.41, 5.74) is 1.10. The second-order valence-electron chi connectivity index (χ2n) is 7.18. The van der Waals surface area contributed by atoms with Crippen molar-refractivity contribution in [1.82, 2.24) is 24.9 Å². The van der Waals surface area contributed by atoms with E-state index in [1.165, 1.54) is 0 Å². The highest BCUT2D eigenvalue weighted by Gasteiger charge is 2.37. The van der Waals surface area contributed by atoms with E-state index >= 15 is 0 Å². The molecule has 7 heteroatoms. The van der Waals surface area contributed by atoms with Crippen LogP contribution in [0.1, 0.15) is 34.6 Å². The molecule has 0 aliphatic carbocycles. The van der Waals surface area contributed by atoms with Crippen LogP contribution in [0.4, 0.5) is 0 Å². The van der Waals surface area contributed by atoms with Gasteiger partial charge in [0, 0.05) is 19.3 Å². The number of aliphatic hydroxyl groups is 1. The summed E-state index contributed by atoms with van der Waals surface area (Å²) in [5, 5.41) is 18.9. The number of piperidine rings is 1. The number of amides is 1. The number of allylic oxidation sites excluding steroid dienone is 1. The van der Waals surface area contributed by atoms with Crippen molar-refractivity contribution in [2.24, 2.45) is 0 Å². The summed E-state index contributed by atoms with van der Waals surface area (Å²) >= 11 is 0. The molecule has 3 heterocycles. The normalized spacial score (nSPS) is 16.2. The summed E-state index contributed by atoms with van der Waals surface area (Å²) in [7, 11) is 0. The lowest BCUT2D eigenvalue weighted by molar-refractivity contribution is -0.0245. The number of pyridine rings is 1. The minimum absolute atomic E-state index is 0.161. The van der Waals surface area contributed by atoms with Crippen LogP contribution >= 0.6 is 0 Å². The van der Waals surface area contributed by atoms with Gasteiger partial charge in [-0.1, -0.05) is 53.8 Å². The lowest BCUT2D eigenvalue weighted by Gasteiger charge is -2.37. The van der Waals surface area contributed by atoms with Crippen LogP contribution in [0.3, 0.4) is 0 Å². The van der Waals surface area contributed by atoms with Crippen molar-refractivity contribution in [1.29, 1.82) is 0 Å². The number of hydrogen-bond donors (Lipinski definition) is 1. The molecule has 0 spiro atoms. The van der Waals surface area contributed by atoms with Crippen molar-refractivity contribution >= 4 is 12.0 Å². The number of carbonyl (C=O) groups excluding carboxylic acids is 1. The summed E-state index contributed by atoms with van der Waals surface area (Å²) in [6.45, 7) is 1.44. The summed E-state index contributed by atoms with van der Waals surface area (Å²) < 4.78 is 1.64. The number of aromatic nitrogens is 4. The molecule has 1 N–H and O–H groups in total. The van der Waals surface area contributed by atoms with Gasteiger partial charge in [-0.05, 0) is 30.5 Å². The summed E-state index contributed by atoms with van der Waals surface area (Å²) in [6, 6.07) is 15.5. The van der Waals surface area contributed by atoms with Gasteiger partial charge in [0.05, 0.1) is 18.4 Å². The molecule has 1 saturated heterocycles. The molecular weight excluding hydrogens is 366 g/mol. The molecule has 7 nitrogen and oxygen atoms in total. The summed E-state index contributed by atoms with van der Waals surface area (Å²) in [5.74, 6) is -0.161. The Morgan fingerprint density at radius 3 is 2.59 bits per heavy atom. The molecule has 0 saturated carbocycles. The number of rotatable bonds is 5. The Hall–Kier alpha value is -3.32. The molecule has 1 aliphatic rings. The molecule has 148 valence electrons. The SMILES string of the molecule is O=C(c1cn(CC=Cc2ccccc2)nn1)N1CCC(O)(c2ccccn2)CC1. The largest absolute Gasteiger partial charge is 0.383 e. The number of benzene rings is 1. The van der Waals surface area contributed by atoms with Crippen molar-refractivity contribution in [3.63, 3.8) is 0 Å². The average molecular weight is 389 g/mol. The third-order valence-electron chi connectivity index (χ3n) is 5.18. The maximum atomic E-state index is 12.8. The van der Waals surface area contributed by atoms with Crippen molar-refractivity contribution in [3.8, 4) is 0 Å². The van der Waals surface area contributed by atoms with Gasteiger partial charge >= 0.3 is 0 Å². The zero-order chi connectivity index (χ0) is 20.1. The van der Waals surface area contributed by atoms with Gasteiger partial charge in [0.25, 0.3) is 5.91 Å². The van der Waals surface area contributed by atoms with Gasteiger partial charge < -0.3 is 10.0 Å². The van der Waals surface area contributed by atoms with Crippen molar-refractivity contribution in [3.05, 3.63) is 84.0 Å². The quantitative estimate of drug-likeness (QED) is 0.725. The first-order valence-corrected chi connectivity index (χ1v) is 9.69. The highest BCUT2D eigenvalue weighted by Crippen LogP contribution is 2.31. The monoisotopic (exact) mass is 389 g/mol. The standard InChI is InChI=1S/C22H23N5O2/c28-21(26-15-11-22(29,12-16-26)20-10-4-5-13-23-20)19-17-27(25-24-19)14-6-9-18-7-2-1-3-8-18/h1-10,13,17,29H,11-12,14-16H2. The van der Waals surface area contributed by atoms with Crippen LogP contribution in [0.25, 0.3) is 6.08 Å². The van der Waals surface area contributed by atoms with E-state index < -0.39 is 5.60 Å². The molecular formula is C22H23N5O2. The van der Waals surface area contributed by atoms with E-state index in [1.807, 2.05) is 60.7 Å². The number of nitrogens with zero attached hydrogens (tertiary/aromatic N) is 5. The molecule has 2 aromatic heterocycles. The molecule has 0 unspecified atom stereocenters. The second-order valence-corrected chi connectivity index (χ2v) is 7.18. The average Bonchev–Trinajstić information content (AvgIpc) is 3.24. The minimum Gasteiger partial charge on any atom is -0.383 e. The smallest absolute Gasteiger partial charge is 0.276 e. The fourth-order valence-corrected chi connectivity index (χ4v) is 3.48. The number of carbonyl (C=O) groups is 1. The van der Waals surface area contributed by atoms with Crippen LogP contribution in [0.2, 0.25) is 0 Å². The first-order chi connectivity index (χ1) is 14.1. The molecule has 1 aromatic carbocycles. The van der Waals surface area contributed by atoms with Crippen LogP contribution in [0.5, 0.6) is 0 Å². The highest BCUT2D eigenvalue weighted by atomic mass is 16.3.